The van der Waals surface area contributed by atoms with Crippen LogP contribution < -0.4 is 10.1 Å². The first-order valence-corrected chi connectivity index (χ1v) is 10.6. The summed E-state index contributed by atoms with van der Waals surface area (Å²) >= 11 is 0. The maximum Gasteiger partial charge on any atom is 0.251 e. The van der Waals surface area contributed by atoms with Crippen LogP contribution in [-0.4, -0.2) is 42.6 Å². The molecule has 0 aromatic heterocycles. The molecule has 1 aliphatic carbocycles. The molecule has 1 N–H and O–H groups in total. The average Bonchev–Trinajstić information content (AvgIpc) is 2.69. The Bertz CT molecular complexity index is 765. The number of nitrogens with zero attached hydrogens (tertiary/aromatic N) is 1. The summed E-state index contributed by atoms with van der Waals surface area (Å²) in [5.74, 6) is 0.763. The minimum absolute atomic E-state index is 0.0406. The Morgan fingerprint density at radius 2 is 1.79 bits per heavy atom. The number of benzene rings is 2. The first-order valence-electron chi connectivity index (χ1n) is 10.6. The number of hydrogen-bond acceptors (Lipinski definition) is 3. The second kappa shape index (κ2) is 9.24. The highest BCUT2D eigenvalue weighted by molar-refractivity contribution is 5.94. The van der Waals surface area contributed by atoms with Crippen molar-refractivity contribution in [3.63, 3.8) is 0 Å². The van der Waals surface area contributed by atoms with Gasteiger partial charge >= 0.3 is 0 Å². The molecule has 0 atom stereocenters. The van der Waals surface area contributed by atoms with E-state index >= 15 is 0 Å². The quantitative estimate of drug-likeness (QED) is 0.790. The van der Waals surface area contributed by atoms with Crippen molar-refractivity contribution in [2.75, 3.05) is 19.6 Å². The molecule has 1 saturated carbocycles. The van der Waals surface area contributed by atoms with Gasteiger partial charge in [-0.25, -0.2) is 0 Å². The average molecular weight is 379 g/mol. The van der Waals surface area contributed by atoms with Crippen LogP contribution in [0.5, 0.6) is 5.75 Å². The van der Waals surface area contributed by atoms with Gasteiger partial charge in [-0.15, -0.1) is 0 Å². The van der Waals surface area contributed by atoms with Gasteiger partial charge in [-0.05, 0) is 55.9 Å². The third-order valence-electron chi connectivity index (χ3n) is 6.01. The third-order valence-corrected chi connectivity index (χ3v) is 6.01. The molecule has 2 fully saturated rings. The smallest absolute Gasteiger partial charge is 0.251 e. The minimum Gasteiger partial charge on any atom is -0.490 e. The number of rotatable bonds is 7. The maximum absolute atomic E-state index is 12.5. The Morgan fingerprint density at radius 1 is 1.00 bits per heavy atom. The molecule has 2 aromatic rings. The number of ether oxygens (including phenoxy) is 1. The van der Waals surface area contributed by atoms with E-state index in [1.54, 1.807) is 0 Å². The molecule has 0 spiro atoms. The SMILES string of the molecule is O=C(NCCc1ccccc1)c1cccc(OC2CCN(C3CCC3)CC2)c1. The molecule has 1 heterocycles. The number of carbonyl (C=O) groups excluding carboxylic acids is 1. The highest BCUT2D eigenvalue weighted by Crippen LogP contribution is 2.28. The van der Waals surface area contributed by atoms with Gasteiger partial charge in [0.25, 0.3) is 5.91 Å². The molecule has 1 aliphatic heterocycles. The van der Waals surface area contributed by atoms with Crippen LogP contribution in [0.4, 0.5) is 0 Å². The van der Waals surface area contributed by atoms with Crippen LogP contribution in [0.3, 0.4) is 0 Å². The molecule has 148 valence electrons. The molecule has 0 radical (unpaired) electrons. The Kier molecular flexibility index (Phi) is 6.27. The van der Waals surface area contributed by atoms with Crippen molar-refractivity contribution < 1.29 is 9.53 Å². The molecule has 1 saturated heterocycles. The predicted octanol–water partition coefficient (Wildman–Crippen LogP) is 4.05. The number of piperidine rings is 1. The standard InChI is InChI=1S/C24H30N2O2/c27-24(25-15-12-19-6-2-1-3-7-19)20-8-4-11-23(18-20)28-22-13-16-26(17-14-22)21-9-5-10-21/h1-4,6-8,11,18,21-22H,5,9-10,12-17H2,(H,25,27). The Hall–Kier alpha value is -2.33. The minimum atomic E-state index is -0.0406. The third kappa shape index (κ3) is 4.93. The number of hydrogen-bond donors (Lipinski definition) is 1. The van der Waals surface area contributed by atoms with E-state index in [0.29, 0.717) is 12.1 Å². The first-order chi connectivity index (χ1) is 13.8. The molecule has 0 bridgehead atoms. The lowest BCUT2D eigenvalue weighted by Crippen LogP contribution is -2.46. The van der Waals surface area contributed by atoms with E-state index < -0.39 is 0 Å². The zero-order chi connectivity index (χ0) is 19.2. The van der Waals surface area contributed by atoms with E-state index in [-0.39, 0.29) is 12.0 Å². The normalized spacial score (nSPS) is 18.4. The number of amides is 1. The van der Waals surface area contributed by atoms with Crippen LogP contribution >= 0.6 is 0 Å². The first kappa shape index (κ1) is 19.0. The molecule has 1 amide bonds. The molecule has 0 unspecified atom stereocenters. The van der Waals surface area contributed by atoms with E-state index in [2.05, 4.69) is 22.3 Å². The fourth-order valence-corrected chi connectivity index (χ4v) is 4.08. The molecule has 4 rings (SSSR count). The van der Waals surface area contributed by atoms with Gasteiger partial charge in [0, 0.05) is 31.2 Å². The van der Waals surface area contributed by atoms with Crippen LogP contribution in [0.15, 0.2) is 54.6 Å². The largest absolute Gasteiger partial charge is 0.490 e. The summed E-state index contributed by atoms with van der Waals surface area (Å²) in [5.41, 5.74) is 1.89. The van der Waals surface area contributed by atoms with Crippen molar-refractivity contribution in [3.8, 4) is 5.75 Å². The Balaban J connectivity index is 1.25. The van der Waals surface area contributed by atoms with Crippen molar-refractivity contribution in [2.24, 2.45) is 0 Å². The second-order valence-corrected chi connectivity index (χ2v) is 7.96. The van der Waals surface area contributed by atoms with Crippen LogP contribution in [0, 0.1) is 0 Å². The lowest BCUT2D eigenvalue weighted by atomic mass is 9.90. The van der Waals surface area contributed by atoms with Crippen molar-refractivity contribution in [1.82, 2.24) is 10.2 Å². The zero-order valence-electron chi connectivity index (χ0n) is 16.5. The summed E-state index contributed by atoms with van der Waals surface area (Å²) in [6, 6.07) is 18.6. The Morgan fingerprint density at radius 3 is 2.50 bits per heavy atom. The van der Waals surface area contributed by atoms with Crippen LogP contribution in [0.2, 0.25) is 0 Å². The topological polar surface area (TPSA) is 41.6 Å². The summed E-state index contributed by atoms with van der Waals surface area (Å²) in [6.45, 7) is 2.90. The molecule has 2 aromatic carbocycles. The van der Waals surface area contributed by atoms with Gasteiger partial charge in [-0.2, -0.15) is 0 Å². The summed E-state index contributed by atoms with van der Waals surface area (Å²) < 4.78 is 6.19. The number of likely N-dealkylation sites (tertiary alicyclic amines) is 1. The van der Waals surface area contributed by atoms with Crippen molar-refractivity contribution in [1.29, 1.82) is 0 Å². The van der Waals surface area contributed by atoms with Gasteiger partial charge in [-0.1, -0.05) is 42.8 Å². The molecule has 28 heavy (non-hydrogen) atoms. The van der Waals surface area contributed by atoms with Gasteiger partial charge in [0.1, 0.15) is 11.9 Å². The van der Waals surface area contributed by atoms with E-state index in [9.17, 15) is 4.79 Å². The second-order valence-electron chi connectivity index (χ2n) is 7.96. The summed E-state index contributed by atoms with van der Waals surface area (Å²) in [5, 5.41) is 3.01. The summed E-state index contributed by atoms with van der Waals surface area (Å²) in [7, 11) is 0. The van der Waals surface area contributed by atoms with Gasteiger partial charge < -0.3 is 15.0 Å². The van der Waals surface area contributed by atoms with E-state index in [1.165, 1.54) is 24.8 Å². The molecular formula is C24H30N2O2. The van der Waals surface area contributed by atoms with Crippen molar-refractivity contribution >= 4 is 5.91 Å². The number of nitrogens with one attached hydrogen (secondary N) is 1. The lowest BCUT2D eigenvalue weighted by Gasteiger charge is -2.41. The highest BCUT2D eigenvalue weighted by atomic mass is 16.5. The predicted molar refractivity (Wildman–Crippen MR) is 112 cm³/mol. The van der Waals surface area contributed by atoms with E-state index in [1.807, 2.05) is 42.5 Å². The summed E-state index contributed by atoms with van der Waals surface area (Å²) in [4.78, 5) is 15.1. The van der Waals surface area contributed by atoms with E-state index in [0.717, 1.165) is 44.1 Å². The summed E-state index contributed by atoms with van der Waals surface area (Å²) in [6.07, 6.45) is 7.37. The Labute approximate surface area is 167 Å². The molecule has 4 nitrogen and oxygen atoms in total. The van der Waals surface area contributed by atoms with E-state index in [4.69, 9.17) is 4.74 Å². The van der Waals surface area contributed by atoms with Crippen molar-refractivity contribution in [2.45, 2.75) is 50.7 Å². The lowest BCUT2D eigenvalue weighted by molar-refractivity contribution is 0.0493. The maximum atomic E-state index is 12.5. The molecule has 4 heteroatoms. The fraction of sp³-hybridized carbons (Fsp3) is 0.458. The van der Waals surface area contributed by atoms with Crippen LogP contribution in [0.1, 0.15) is 48.0 Å². The monoisotopic (exact) mass is 378 g/mol. The number of carbonyl (C=O) groups is 1. The molecule has 2 aliphatic rings. The fourth-order valence-electron chi connectivity index (χ4n) is 4.08. The highest BCUT2D eigenvalue weighted by Gasteiger charge is 2.29. The van der Waals surface area contributed by atoms with Gasteiger partial charge in [0.15, 0.2) is 0 Å². The molecular weight excluding hydrogens is 348 g/mol. The van der Waals surface area contributed by atoms with Gasteiger partial charge in [-0.3, -0.25) is 4.79 Å². The van der Waals surface area contributed by atoms with Crippen LogP contribution in [-0.2, 0) is 6.42 Å². The van der Waals surface area contributed by atoms with Crippen molar-refractivity contribution in [3.05, 3.63) is 65.7 Å². The van der Waals surface area contributed by atoms with Gasteiger partial charge in [0.2, 0.25) is 0 Å². The zero-order valence-corrected chi connectivity index (χ0v) is 16.5. The van der Waals surface area contributed by atoms with Gasteiger partial charge in [0.05, 0.1) is 0 Å². The van der Waals surface area contributed by atoms with Crippen LogP contribution in [0.25, 0.3) is 0 Å².